The van der Waals surface area contributed by atoms with E-state index in [0.717, 1.165) is 44.4 Å². The van der Waals surface area contributed by atoms with Crippen LogP contribution in [0, 0.1) is 11.8 Å². The molecule has 0 bridgehead atoms. The van der Waals surface area contributed by atoms with Gasteiger partial charge in [0.2, 0.25) is 0 Å². The molecule has 50 heavy (non-hydrogen) atoms. The summed E-state index contributed by atoms with van der Waals surface area (Å²) in [6.45, 7) is 6.14. The predicted molar refractivity (Wildman–Crippen MR) is 199 cm³/mol. The van der Waals surface area contributed by atoms with Crippen LogP contribution in [0.25, 0.3) is 0 Å². The molecule has 0 aromatic heterocycles. The molecule has 1 rings (SSSR count). The maximum absolute atomic E-state index is 12.3. The molecule has 1 saturated heterocycles. The number of carbonyl (C=O) groups is 2. The average Bonchev–Trinajstić information content (AvgIpc) is 3.07. The molecule has 1 aliphatic heterocycles. The summed E-state index contributed by atoms with van der Waals surface area (Å²) < 4.78 is 16.2. The molecule has 0 saturated carbocycles. The van der Waals surface area contributed by atoms with Crippen molar-refractivity contribution in [2.24, 2.45) is 11.8 Å². The van der Waals surface area contributed by atoms with E-state index in [0.29, 0.717) is 32.1 Å². The lowest BCUT2D eigenvalue weighted by molar-refractivity contribution is -0.199. The van der Waals surface area contributed by atoms with Gasteiger partial charge in [-0.3, -0.25) is 9.59 Å². The fraction of sp³-hybridized carbons (Fsp3) is 0.854. The number of carbonyl (C=O) groups excluding carboxylic acids is 2. The molecule has 9 heteroatoms. The van der Waals surface area contributed by atoms with Crippen LogP contribution in [0.2, 0.25) is 0 Å². The average molecular weight is 711 g/mol. The molecule has 0 radical (unpaired) electrons. The molecule has 1 unspecified atom stereocenters. The van der Waals surface area contributed by atoms with Crippen LogP contribution < -0.4 is 0 Å². The van der Waals surface area contributed by atoms with Crippen molar-refractivity contribution in [2.45, 2.75) is 199 Å². The zero-order chi connectivity index (χ0) is 36.8. The van der Waals surface area contributed by atoms with Gasteiger partial charge in [-0.2, -0.15) is 0 Å². The standard InChI is InChI=1S/C41H74O9/c1-4-5-18-24-34(43)28-29-38-36(37(44)30-41(47)50-38)25-20-16-17-22-27-40(46)49-35(31-42)32-48-39(45)26-21-15-13-11-9-7-6-8-10-12-14-19-23-33(2)3/h16,20,28-29,33-38,41-44,47H,4-15,17-19,21-27,30-32H2,1-3H3/b20-16-,29-28+/t34-,35-,36-,37-,38+,41?/m0/s1. The first-order valence-electron chi connectivity index (χ1n) is 20.1. The Morgan fingerprint density at radius 2 is 1.40 bits per heavy atom. The van der Waals surface area contributed by atoms with Crippen LogP contribution in [-0.2, 0) is 23.8 Å². The molecule has 0 amide bonds. The Morgan fingerprint density at radius 1 is 0.800 bits per heavy atom. The summed E-state index contributed by atoms with van der Waals surface area (Å²) in [6, 6.07) is 0. The molecular formula is C41H74O9. The summed E-state index contributed by atoms with van der Waals surface area (Å²) in [5.74, 6) is -0.223. The van der Waals surface area contributed by atoms with E-state index in [2.05, 4.69) is 20.8 Å². The SMILES string of the molecule is CCCCC[C@H](O)/C=C/[C@H]1OC(O)C[C@H](O)[C@@H]1C/C=C\CCCC(=O)O[C@@H](CO)COC(=O)CCCCCCCCCCCCCCC(C)C. The quantitative estimate of drug-likeness (QED) is 0.0318. The van der Waals surface area contributed by atoms with Crippen molar-refractivity contribution in [1.29, 1.82) is 0 Å². The Balaban J connectivity index is 2.15. The number of aliphatic hydroxyl groups is 4. The van der Waals surface area contributed by atoms with E-state index in [1.165, 1.54) is 64.2 Å². The Labute approximate surface area is 304 Å². The van der Waals surface area contributed by atoms with E-state index >= 15 is 0 Å². The first-order valence-corrected chi connectivity index (χ1v) is 20.1. The van der Waals surface area contributed by atoms with Gasteiger partial charge in [0.1, 0.15) is 6.61 Å². The number of ether oxygens (including phenoxy) is 3. The van der Waals surface area contributed by atoms with Crippen molar-refractivity contribution in [2.75, 3.05) is 13.2 Å². The van der Waals surface area contributed by atoms with E-state index in [9.17, 15) is 30.0 Å². The van der Waals surface area contributed by atoms with Gasteiger partial charge in [0, 0.05) is 25.2 Å². The number of allylic oxidation sites excluding steroid dienone is 2. The van der Waals surface area contributed by atoms with Crippen LogP contribution in [0.1, 0.15) is 168 Å². The largest absolute Gasteiger partial charge is 0.462 e. The number of hydrogen-bond acceptors (Lipinski definition) is 9. The Morgan fingerprint density at radius 3 is 2.02 bits per heavy atom. The molecule has 0 aromatic carbocycles. The second kappa shape index (κ2) is 30.8. The third kappa shape index (κ3) is 25.2. The first-order chi connectivity index (χ1) is 24.2. The van der Waals surface area contributed by atoms with Gasteiger partial charge >= 0.3 is 11.9 Å². The number of esters is 2. The van der Waals surface area contributed by atoms with Crippen molar-refractivity contribution < 1.29 is 44.2 Å². The minimum absolute atomic E-state index is 0.133. The molecule has 4 N–H and O–H groups in total. The number of rotatable bonds is 31. The molecule has 1 fully saturated rings. The van der Waals surface area contributed by atoms with E-state index in [4.69, 9.17) is 14.2 Å². The Kier molecular flexibility index (Phi) is 28.5. The van der Waals surface area contributed by atoms with Crippen molar-refractivity contribution in [3.63, 3.8) is 0 Å². The lowest BCUT2D eigenvalue weighted by Crippen LogP contribution is -2.43. The van der Waals surface area contributed by atoms with Crippen LogP contribution in [-0.4, -0.2) is 76.3 Å². The Hall–Kier alpha value is -1.78. The highest BCUT2D eigenvalue weighted by Crippen LogP contribution is 2.29. The topological polar surface area (TPSA) is 143 Å². The fourth-order valence-electron chi connectivity index (χ4n) is 6.31. The molecule has 0 aromatic rings. The number of aliphatic hydroxyl groups excluding tert-OH is 4. The van der Waals surface area contributed by atoms with Gasteiger partial charge in [-0.15, -0.1) is 0 Å². The monoisotopic (exact) mass is 711 g/mol. The second-order valence-corrected chi connectivity index (χ2v) is 14.7. The molecule has 9 nitrogen and oxygen atoms in total. The number of unbranched alkanes of at least 4 members (excludes halogenated alkanes) is 14. The lowest BCUT2D eigenvalue weighted by atomic mass is 9.87. The van der Waals surface area contributed by atoms with Crippen LogP contribution >= 0.6 is 0 Å². The zero-order valence-electron chi connectivity index (χ0n) is 31.9. The normalized spacial score (nSPS) is 20.9. The van der Waals surface area contributed by atoms with E-state index in [1.807, 2.05) is 12.2 Å². The van der Waals surface area contributed by atoms with Gasteiger partial charge < -0.3 is 34.6 Å². The van der Waals surface area contributed by atoms with Crippen molar-refractivity contribution in [3.8, 4) is 0 Å². The van der Waals surface area contributed by atoms with Gasteiger partial charge in [-0.05, 0) is 38.0 Å². The third-order valence-corrected chi connectivity index (χ3v) is 9.47. The molecule has 6 atom stereocenters. The summed E-state index contributed by atoms with van der Waals surface area (Å²) in [6.07, 6.45) is 25.8. The second-order valence-electron chi connectivity index (χ2n) is 14.7. The maximum Gasteiger partial charge on any atom is 0.306 e. The number of hydrogen-bond donors (Lipinski definition) is 4. The summed E-state index contributed by atoms with van der Waals surface area (Å²) in [5, 5.41) is 40.4. The maximum atomic E-state index is 12.3. The highest BCUT2D eigenvalue weighted by molar-refractivity contribution is 5.70. The van der Waals surface area contributed by atoms with Gasteiger partial charge in [-0.1, -0.05) is 141 Å². The zero-order valence-corrected chi connectivity index (χ0v) is 31.9. The van der Waals surface area contributed by atoms with E-state index < -0.39 is 43.3 Å². The van der Waals surface area contributed by atoms with Crippen LogP contribution in [0.5, 0.6) is 0 Å². The van der Waals surface area contributed by atoms with E-state index in [1.54, 1.807) is 12.2 Å². The van der Waals surface area contributed by atoms with Gasteiger partial charge in [0.05, 0.1) is 24.9 Å². The molecule has 292 valence electrons. The van der Waals surface area contributed by atoms with Crippen LogP contribution in [0.3, 0.4) is 0 Å². The van der Waals surface area contributed by atoms with Crippen molar-refractivity contribution >= 4 is 11.9 Å². The van der Waals surface area contributed by atoms with E-state index in [-0.39, 0.29) is 31.3 Å². The predicted octanol–water partition coefficient (Wildman–Crippen LogP) is 8.25. The van der Waals surface area contributed by atoms with Gasteiger partial charge in [0.15, 0.2) is 12.4 Å². The summed E-state index contributed by atoms with van der Waals surface area (Å²) in [5.41, 5.74) is 0. The molecule has 1 heterocycles. The Bertz CT molecular complexity index is 889. The van der Waals surface area contributed by atoms with Crippen molar-refractivity contribution in [1.82, 2.24) is 0 Å². The summed E-state index contributed by atoms with van der Waals surface area (Å²) >= 11 is 0. The van der Waals surface area contributed by atoms with Crippen molar-refractivity contribution in [3.05, 3.63) is 24.3 Å². The molecule has 0 aliphatic carbocycles. The van der Waals surface area contributed by atoms with Gasteiger partial charge in [0.25, 0.3) is 0 Å². The van der Waals surface area contributed by atoms with Crippen LogP contribution in [0.15, 0.2) is 24.3 Å². The minimum atomic E-state index is -1.05. The lowest BCUT2D eigenvalue weighted by Gasteiger charge is -2.36. The minimum Gasteiger partial charge on any atom is -0.462 e. The first kappa shape index (κ1) is 46.2. The van der Waals surface area contributed by atoms with Gasteiger partial charge in [-0.25, -0.2) is 0 Å². The summed E-state index contributed by atoms with van der Waals surface area (Å²) in [7, 11) is 0. The third-order valence-electron chi connectivity index (χ3n) is 9.47. The van der Waals surface area contributed by atoms with Crippen LogP contribution in [0.4, 0.5) is 0 Å². The highest BCUT2D eigenvalue weighted by atomic mass is 16.6. The smallest absolute Gasteiger partial charge is 0.306 e. The summed E-state index contributed by atoms with van der Waals surface area (Å²) in [4.78, 5) is 24.4. The highest BCUT2D eigenvalue weighted by Gasteiger charge is 2.35. The fourth-order valence-corrected chi connectivity index (χ4v) is 6.31. The molecular weight excluding hydrogens is 636 g/mol. The molecule has 1 aliphatic rings. The molecule has 0 spiro atoms.